The second-order valence-corrected chi connectivity index (χ2v) is 6.47. The van der Waals surface area contributed by atoms with Gasteiger partial charge in [-0.25, -0.2) is 0 Å². The number of aromatic nitrogens is 1. The van der Waals surface area contributed by atoms with Crippen molar-refractivity contribution in [1.82, 2.24) is 10.3 Å². The first kappa shape index (κ1) is 14.3. The fraction of sp³-hybridized carbons (Fsp3) is 0.500. The predicted molar refractivity (Wildman–Crippen MR) is 89.8 cm³/mol. The number of anilines is 1. The summed E-state index contributed by atoms with van der Waals surface area (Å²) in [7, 11) is 0. The van der Waals surface area contributed by atoms with E-state index in [9.17, 15) is 0 Å². The van der Waals surface area contributed by atoms with Crippen LogP contribution in [0.15, 0.2) is 36.5 Å². The summed E-state index contributed by atoms with van der Waals surface area (Å²) in [5.74, 6) is 0.733. The zero-order chi connectivity index (χ0) is 14.7. The number of nitrogens with zero attached hydrogens (tertiary/aromatic N) is 2. The molecule has 1 aromatic carbocycles. The molecule has 0 saturated carbocycles. The van der Waals surface area contributed by atoms with E-state index in [-0.39, 0.29) is 0 Å². The molecule has 0 radical (unpaired) electrons. The maximum absolute atomic E-state index is 4.61. The Balaban J connectivity index is 1.82. The van der Waals surface area contributed by atoms with Gasteiger partial charge in [0.2, 0.25) is 0 Å². The third kappa shape index (κ3) is 3.53. The van der Waals surface area contributed by atoms with Crippen molar-refractivity contribution in [3.05, 3.63) is 36.5 Å². The summed E-state index contributed by atoms with van der Waals surface area (Å²) < 4.78 is 0. The zero-order valence-electron chi connectivity index (χ0n) is 13.0. The van der Waals surface area contributed by atoms with Crippen molar-refractivity contribution in [3.63, 3.8) is 0 Å². The molecule has 3 rings (SSSR count). The highest BCUT2D eigenvalue weighted by molar-refractivity contribution is 5.81. The number of benzene rings is 1. The van der Waals surface area contributed by atoms with Gasteiger partial charge < -0.3 is 10.2 Å². The molecule has 1 fully saturated rings. The molecule has 1 N–H and O–H groups in total. The van der Waals surface area contributed by atoms with Gasteiger partial charge in [-0.05, 0) is 37.4 Å². The quantitative estimate of drug-likeness (QED) is 0.935. The van der Waals surface area contributed by atoms with E-state index < -0.39 is 0 Å². The van der Waals surface area contributed by atoms with Gasteiger partial charge in [-0.3, -0.25) is 4.98 Å². The summed E-state index contributed by atoms with van der Waals surface area (Å²) >= 11 is 0. The van der Waals surface area contributed by atoms with E-state index in [0.717, 1.165) is 31.1 Å². The van der Waals surface area contributed by atoms with Gasteiger partial charge in [-0.15, -0.1) is 0 Å². The molecule has 2 heterocycles. The van der Waals surface area contributed by atoms with Crippen LogP contribution in [0.1, 0.15) is 26.7 Å². The number of fused-ring (bicyclic) bond motifs is 1. The molecule has 1 unspecified atom stereocenters. The topological polar surface area (TPSA) is 28.2 Å². The first-order valence-electron chi connectivity index (χ1n) is 8.05. The Morgan fingerprint density at radius 2 is 2.19 bits per heavy atom. The molecule has 2 aromatic rings. The van der Waals surface area contributed by atoms with Crippen molar-refractivity contribution in [1.29, 1.82) is 0 Å². The van der Waals surface area contributed by atoms with Crippen LogP contribution in [0.3, 0.4) is 0 Å². The van der Waals surface area contributed by atoms with E-state index in [1.54, 1.807) is 0 Å². The van der Waals surface area contributed by atoms with Crippen molar-refractivity contribution in [2.75, 3.05) is 24.5 Å². The second-order valence-electron chi connectivity index (χ2n) is 6.47. The minimum absolute atomic E-state index is 0.582. The Hall–Kier alpha value is -1.61. The monoisotopic (exact) mass is 283 g/mol. The van der Waals surface area contributed by atoms with Gasteiger partial charge in [0, 0.05) is 24.5 Å². The van der Waals surface area contributed by atoms with Gasteiger partial charge in [0.1, 0.15) is 0 Å². The summed E-state index contributed by atoms with van der Waals surface area (Å²) in [5, 5.41) is 4.92. The Labute approximate surface area is 127 Å². The predicted octanol–water partition coefficient (Wildman–Crippen LogP) is 3.45. The summed E-state index contributed by atoms with van der Waals surface area (Å²) in [6, 6.07) is 11.2. The average Bonchev–Trinajstić information content (AvgIpc) is 2.71. The smallest absolute Gasteiger partial charge is 0.0703 e. The Morgan fingerprint density at radius 1 is 1.33 bits per heavy atom. The largest absolute Gasteiger partial charge is 0.369 e. The molecule has 112 valence electrons. The lowest BCUT2D eigenvalue weighted by Crippen LogP contribution is -2.38. The molecule has 1 atom stereocenters. The fourth-order valence-corrected chi connectivity index (χ4v) is 3.19. The molecule has 1 aliphatic rings. The van der Waals surface area contributed by atoms with E-state index in [2.05, 4.69) is 53.3 Å². The van der Waals surface area contributed by atoms with Gasteiger partial charge in [-0.1, -0.05) is 32.0 Å². The molecule has 21 heavy (non-hydrogen) atoms. The molecule has 1 saturated heterocycles. The second kappa shape index (κ2) is 6.44. The van der Waals surface area contributed by atoms with Crippen LogP contribution in [-0.2, 0) is 0 Å². The number of rotatable bonds is 3. The summed E-state index contributed by atoms with van der Waals surface area (Å²) in [6.45, 7) is 7.91. The molecule has 3 nitrogen and oxygen atoms in total. The third-order valence-electron chi connectivity index (χ3n) is 4.18. The van der Waals surface area contributed by atoms with Gasteiger partial charge >= 0.3 is 0 Å². The van der Waals surface area contributed by atoms with Crippen molar-refractivity contribution in [3.8, 4) is 0 Å². The minimum Gasteiger partial charge on any atom is -0.369 e. The number of hydrogen-bond donors (Lipinski definition) is 1. The standard InChI is InChI=1S/C18H25N3/c1-14(2)10-16-13-21(9-5-8-19-16)17-11-15-6-3-4-7-18(15)20-12-17/h3-4,6-7,11-12,14,16,19H,5,8-10,13H2,1-2H3. The number of nitrogens with one attached hydrogen (secondary N) is 1. The Morgan fingerprint density at radius 3 is 3.05 bits per heavy atom. The average molecular weight is 283 g/mol. The molecule has 0 spiro atoms. The van der Waals surface area contributed by atoms with Crippen molar-refractivity contribution in [2.24, 2.45) is 5.92 Å². The van der Waals surface area contributed by atoms with Crippen LogP contribution in [0.5, 0.6) is 0 Å². The van der Waals surface area contributed by atoms with Crippen molar-refractivity contribution < 1.29 is 0 Å². The van der Waals surface area contributed by atoms with Crippen LogP contribution in [0, 0.1) is 5.92 Å². The Kier molecular flexibility index (Phi) is 4.39. The van der Waals surface area contributed by atoms with E-state index in [0.29, 0.717) is 6.04 Å². The maximum atomic E-state index is 4.61. The van der Waals surface area contributed by atoms with Gasteiger partial charge in [0.15, 0.2) is 0 Å². The van der Waals surface area contributed by atoms with Gasteiger partial charge in [-0.2, -0.15) is 0 Å². The summed E-state index contributed by atoms with van der Waals surface area (Å²) in [4.78, 5) is 7.10. The van der Waals surface area contributed by atoms with E-state index in [1.165, 1.54) is 23.9 Å². The molecule has 0 bridgehead atoms. The van der Waals surface area contributed by atoms with Gasteiger partial charge in [0.25, 0.3) is 0 Å². The highest BCUT2D eigenvalue weighted by Crippen LogP contribution is 2.22. The first-order chi connectivity index (χ1) is 10.2. The number of hydrogen-bond acceptors (Lipinski definition) is 3. The lowest BCUT2D eigenvalue weighted by molar-refractivity contribution is 0.436. The van der Waals surface area contributed by atoms with Crippen LogP contribution in [0.4, 0.5) is 5.69 Å². The maximum Gasteiger partial charge on any atom is 0.0703 e. The molecule has 0 aliphatic carbocycles. The van der Waals surface area contributed by atoms with Crippen LogP contribution >= 0.6 is 0 Å². The lowest BCUT2D eigenvalue weighted by Gasteiger charge is -2.27. The molecule has 0 amide bonds. The Bertz CT molecular complexity index is 594. The SMILES string of the molecule is CC(C)CC1CN(c2cnc3ccccc3c2)CCCN1. The normalized spacial score (nSPS) is 20.0. The molecule has 1 aliphatic heterocycles. The number of pyridine rings is 1. The summed E-state index contributed by atoms with van der Waals surface area (Å²) in [6.07, 6.45) is 4.46. The third-order valence-corrected chi connectivity index (χ3v) is 4.18. The summed E-state index contributed by atoms with van der Waals surface area (Å²) in [5.41, 5.74) is 2.33. The lowest BCUT2D eigenvalue weighted by atomic mass is 10.0. The first-order valence-corrected chi connectivity index (χ1v) is 8.05. The number of para-hydroxylation sites is 1. The highest BCUT2D eigenvalue weighted by atomic mass is 15.2. The van der Waals surface area contributed by atoms with E-state index >= 15 is 0 Å². The molecule has 3 heteroatoms. The van der Waals surface area contributed by atoms with Crippen molar-refractivity contribution >= 4 is 16.6 Å². The fourth-order valence-electron chi connectivity index (χ4n) is 3.19. The molecule has 1 aromatic heterocycles. The van der Waals surface area contributed by atoms with Gasteiger partial charge in [0.05, 0.1) is 17.4 Å². The van der Waals surface area contributed by atoms with Crippen LogP contribution in [0.25, 0.3) is 10.9 Å². The zero-order valence-corrected chi connectivity index (χ0v) is 13.0. The van der Waals surface area contributed by atoms with Crippen LogP contribution in [0.2, 0.25) is 0 Å². The van der Waals surface area contributed by atoms with E-state index in [4.69, 9.17) is 0 Å². The van der Waals surface area contributed by atoms with E-state index in [1.807, 2.05) is 12.3 Å². The highest BCUT2D eigenvalue weighted by Gasteiger charge is 2.19. The van der Waals surface area contributed by atoms with Crippen LogP contribution < -0.4 is 10.2 Å². The molecular formula is C18H25N3. The minimum atomic E-state index is 0.582. The van der Waals surface area contributed by atoms with Crippen molar-refractivity contribution in [2.45, 2.75) is 32.7 Å². The van der Waals surface area contributed by atoms with Crippen LogP contribution in [-0.4, -0.2) is 30.7 Å². The molecular weight excluding hydrogens is 258 g/mol.